The lowest BCUT2D eigenvalue weighted by atomic mass is 9.91. The number of likely N-dealkylation sites (tertiary alicyclic amines) is 1. The number of piperazine rings is 1. The first kappa shape index (κ1) is 33.9. The van der Waals surface area contributed by atoms with E-state index in [9.17, 15) is 18.4 Å². The average molecular weight is 634 g/mol. The molecular formula is C37H49F2N5O2. The maximum absolute atomic E-state index is 13.9. The summed E-state index contributed by atoms with van der Waals surface area (Å²) in [6, 6.07) is 13.5. The fourth-order valence-corrected chi connectivity index (χ4v) is 7.63. The van der Waals surface area contributed by atoms with Crippen molar-refractivity contribution in [2.75, 3.05) is 33.2 Å². The number of nitrogens with zero attached hydrogens (tertiary/aromatic N) is 3. The third kappa shape index (κ3) is 7.93. The second-order valence-electron chi connectivity index (χ2n) is 13.7. The van der Waals surface area contributed by atoms with Crippen LogP contribution in [-0.4, -0.2) is 76.9 Å². The van der Waals surface area contributed by atoms with Crippen LogP contribution < -0.4 is 10.7 Å². The standard InChI is InChI=1S/C22H29N3O.C15H20F2N2O/c1-17-7-3-4-8-19(17)20-13-21(26)18(14-23-20)15-25-12-11-24(2)16-22(25)9-5-6-10-22;1-10(2)18-12-5-6-19(9-20)15(8-12)13-7-11(16)3-4-14(13)17/h3-4,7-8,13-14H,5-6,9-12,15-16H2,1-2H3,(H,23,26);3-4,7,9-10,12,15,18H,5-6,8H2,1-2H3. The molecule has 1 aliphatic carbocycles. The second kappa shape index (κ2) is 15.0. The molecule has 2 N–H and O–H groups in total. The van der Waals surface area contributed by atoms with Gasteiger partial charge in [0.15, 0.2) is 5.43 Å². The first-order chi connectivity index (χ1) is 22.1. The van der Waals surface area contributed by atoms with Crippen LogP contribution in [0.25, 0.3) is 11.3 Å². The number of nitrogens with one attached hydrogen (secondary N) is 2. The van der Waals surface area contributed by atoms with Gasteiger partial charge in [-0.15, -0.1) is 0 Å². The topological polar surface area (TPSA) is 71.7 Å². The summed E-state index contributed by atoms with van der Waals surface area (Å²) in [7, 11) is 2.22. The van der Waals surface area contributed by atoms with Crippen LogP contribution >= 0.6 is 0 Å². The van der Waals surface area contributed by atoms with Crippen molar-refractivity contribution in [3.05, 3.63) is 93.3 Å². The highest BCUT2D eigenvalue weighted by atomic mass is 19.1. The normalized spacial score (nSPS) is 21.8. The van der Waals surface area contributed by atoms with E-state index in [-0.39, 0.29) is 22.6 Å². The van der Waals surface area contributed by atoms with Gasteiger partial charge in [-0.25, -0.2) is 8.78 Å². The minimum Gasteiger partial charge on any atom is -0.361 e. The molecule has 46 heavy (non-hydrogen) atoms. The van der Waals surface area contributed by atoms with Gasteiger partial charge in [-0.1, -0.05) is 51.0 Å². The molecule has 2 aliphatic heterocycles. The molecule has 3 aromatic rings. The molecule has 2 unspecified atom stereocenters. The summed E-state index contributed by atoms with van der Waals surface area (Å²) < 4.78 is 27.3. The van der Waals surface area contributed by atoms with Crippen molar-refractivity contribution >= 4 is 6.41 Å². The Morgan fingerprint density at radius 3 is 2.52 bits per heavy atom. The van der Waals surface area contributed by atoms with Crippen LogP contribution in [0.5, 0.6) is 0 Å². The largest absolute Gasteiger partial charge is 0.361 e. The summed E-state index contributed by atoms with van der Waals surface area (Å²) in [6.07, 6.45) is 9.22. The summed E-state index contributed by atoms with van der Waals surface area (Å²) in [4.78, 5) is 33.9. The van der Waals surface area contributed by atoms with E-state index in [0.29, 0.717) is 19.0 Å². The number of benzene rings is 2. The van der Waals surface area contributed by atoms with Crippen molar-refractivity contribution in [3.63, 3.8) is 0 Å². The predicted octanol–water partition coefficient (Wildman–Crippen LogP) is 6.04. The van der Waals surface area contributed by atoms with Gasteiger partial charge in [-0.05, 0) is 63.4 Å². The van der Waals surface area contributed by atoms with Crippen LogP contribution in [0, 0.1) is 18.6 Å². The first-order valence-corrected chi connectivity index (χ1v) is 16.7. The molecule has 1 spiro atoms. The molecule has 3 heterocycles. The highest BCUT2D eigenvalue weighted by Gasteiger charge is 2.42. The predicted molar refractivity (Wildman–Crippen MR) is 180 cm³/mol. The van der Waals surface area contributed by atoms with E-state index < -0.39 is 17.7 Å². The smallest absolute Gasteiger partial charge is 0.210 e. The molecule has 0 radical (unpaired) electrons. The lowest BCUT2D eigenvalue weighted by Gasteiger charge is -2.48. The molecule has 0 bridgehead atoms. The number of hydrogen-bond acceptors (Lipinski definition) is 5. The molecule has 9 heteroatoms. The molecular weight excluding hydrogens is 584 g/mol. The molecule has 2 aromatic carbocycles. The fraction of sp³-hybridized carbons (Fsp3) is 0.514. The molecule has 1 amide bonds. The molecule has 6 rings (SSSR count). The van der Waals surface area contributed by atoms with Gasteiger partial charge in [0.1, 0.15) is 11.6 Å². The van der Waals surface area contributed by atoms with E-state index >= 15 is 0 Å². The van der Waals surface area contributed by atoms with Crippen LogP contribution in [0.4, 0.5) is 8.78 Å². The number of hydrogen-bond donors (Lipinski definition) is 2. The molecule has 1 aromatic heterocycles. The summed E-state index contributed by atoms with van der Waals surface area (Å²) >= 11 is 0. The molecule has 3 aliphatic rings. The van der Waals surface area contributed by atoms with E-state index in [0.717, 1.165) is 68.0 Å². The third-order valence-electron chi connectivity index (χ3n) is 9.98. The molecule has 2 atom stereocenters. The fourth-order valence-electron chi connectivity index (χ4n) is 7.63. The zero-order valence-corrected chi connectivity index (χ0v) is 27.7. The monoisotopic (exact) mass is 633 g/mol. The summed E-state index contributed by atoms with van der Waals surface area (Å²) in [5.41, 5.74) is 4.75. The first-order valence-electron chi connectivity index (χ1n) is 16.7. The van der Waals surface area contributed by atoms with Gasteiger partial charge in [0.25, 0.3) is 0 Å². The number of aryl methyl sites for hydroxylation is 1. The quantitative estimate of drug-likeness (QED) is 0.311. The number of amides is 1. The van der Waals surface area contributed by atoms with Gasteiger partial charge in [-0.2, -0.15) is 0 Å². The SMILES string of the molecule is CC(C)NC1CCN(C=O)C(c2cc(F)ccc2F)C1.Cc1ccccc1-c1cc(=O)c(CN2CCN(C)CC23CCCC3)c[nH]1. The van der Waals surface area contributed by atoms with Crippen molar-refractivity contribution in [2.24, 2.45) is 0 Å². The number of carbonyl (C=O) groups excluding carboxylic acids is 1. The van der Waals surface area contributed by atoms with Crippen LogP contribution in [-0.2, 0) is 11.3 Å². The van der Waals surface area contributed by atoms with E-state index in [1.807, 2.05) is 32.2 Å². The van der Waals surface area contributed by atoms with Gasteiger partial charge >= 0.3 is 0 Å². The number of halogens is 2. The van der Waals surface area contributed by atoms with E-state index in [2.05, 4.69) is 46.2 Å². The summed E-state index contributed by atoms with van der Waals surface area (Å²) in [5, 5.41) is 3.40. The number of pyridine rings is 1. The Hall–Kier alpha value is -3.40. The Morgan fingerprint density at radius 1 is 1.07 bits per heavy atom. The molecule has 3 fully saturated rings. The van der Waals surface area contributed by atoms with Crippen LogP contribution in [0.1, 0.15) is 75.1 Å². The minimum absolute atomic E-state index is 0.147. The maximum Gasteiger partial charge on any atom is 0.210 e. The Balaban J connectivity index is 0.000000188. The Labute approximate surface area is 272 Å². The number of likely N-dealkylation sites (N-methyl/N-ethyl adjacent to an activating group) is 1. The average Bonchev–Trinajstić information content (AvgIpc) is 3.49. The number of H-pyrrole nitrogens is 1. The molecule has 1 saturated carbocycles. The second-order valence-corrected chi connectivity index (χ2v) is 13.7. The molecule has 2 saturated heterocycles. The van der Waals surface area contributed by atoms with E-state index in [4.69, 9.17) is 0 Å². The van der Waals surface area contributed by atoms with Gasteiger partial charge in [0.2, 0.25) is 6.41 Å². The van der Waals surface area contributed by atoms with Gasteiger partial charge in [-0.3, -0.25) is 14.5 Å². The van der Waals surface area contributed by atoms with Crippen LogP contribution in [0.2, 0.25) is 0 Å². The van der Waals surface area contributed by atoms with Crippen molar-refractivity contribution in [2.45, 2.75) is 89.5 Å². The lowest BCUT2D eigenvalue weighted by Crippen LogP contribution is -2.59. The Morgan fingerprint density at radius 2 is 1.83 bits per heavy atom. The Kier molecular flexibility index (Phi) is 11.1. The van der Waals surface area contributed by atoms with Gasteiger partial charge in [0, 0.05) is 85.0 Å². The molecule has 7 nitrogen and oxygen atoms in total. The lowest BCUT2D eigenvalue weighted by molar-refractivity contribution is -0.122. The molecule has 248 valence electrons. The number of piperidine rings is 1. The number of aromatic nitrogens is 1. The highest BCUT2D eigenvalue weighted by Crippen LogP contribution is 2.38. The van der Waals surface area contributed by atoms with Gasteiger partial charge < -0.3 is 20.1 Å². The van der Waals surface area contributed by atoms with Gasteiger partial charge in [0.05, 0.1) is 6.04 Å². The maximum atomic E-state index is 13.9. The van der Waals surface area contributed by atoms with E-state index in [1.54, 1.807) is 11.0 Å². The zero-order valence-electron chi connectivity index (χ0n) is 27.7. The zero-order chi connectivity index (χ0) is 32.8. The minimum atomic E-state index is -0.480. The van der Waals surface area contributed by atoms with Crippen molar-refractivity contribution in [1.82, 2.24) is 25.0 Å². The summed E-state index contributed by atoms with van der Waals surface area (Å²) in [5.74, 6) is -0.945. The number of rotatable bonds is 7. The Bertz CT molecular complexity index is 1540. The number of carbonyl (C=O) groups is 1. The van der Waals surface area contributed by atoms with Crippen molar-refractivity contribution in [3.8, 4) is 11.3 Å². The van der Waals surface area contributed by atoms with Crippen LogP contribution in [0.3, 0.4) is 0 Å². The van der Waals surface area contributed by atoms with Crippen molar-refractivity contribution < 1.29 is 13.6 Å². The highest BCUT2D eigenvalue weighted by molar-refractivity contribution is 5.63. The van der Waals surface area contributed by atoms with E-state index in [1.165, 1.54) is 37.3 Å². The van der Waals surface area contributed by atoms with Crippen LogP contribution in [0.15, 0.2) is 59.5 Å². The van der Waals surface area contributed by atoms with Crippen molar-refractivity contribution in [1.29, 1.82) is 0 Å². The third-order valence-corrected chi connectivity index (χ3v) is 9.98. The summed E-state index contributed by atoms with van der Waals surface area (Å²) in [6.45, 7) is 10.7. The number of aromatic amines is 1.